The fourth-order valence-corrected chi connectivity index (χ4v) is 5.30. The number of anilines is 1. The molecule has 5 aromatic rings. The van der Waals surface area contributed by atoms with Crippen LogP contribution in [0.5, 0.6) is 0 Å². The number of amides is 2. The molecule has 1 saturated heterocycles. The number of fused-ring (bicyclic) bond motifs is 1. The molecule has 13 heteroatoms. The van der Waals surface area contributed by atoms with E-state index in [1.165, 1.54) is 6.20 Å². The number of aromatic nitrogens is 6. The van der Waals surface area contributed by atoms with Crippen molar-refractivity contribution in [1.29, 1.82) is 5.26 Å². The molecule has 5 heterocycles. The van der Waals surface area contributed by atoms with Gasteiger partial charge in [0.25, 0.3) is 0 Å². The van der Waals surface area contributed by atoms with E-state index >= 15 is 0 Å². The first-order valence-electron chi connectivity index (χ1n) is 13.7. The molecular weight excluding hydrogens is 548 g/mol. The van der Waals surface area contributed by atoms with Crippen molar-refractivity contribution in [1.82, 2.24) is 39.6 Å². The molecule has 0 aliphatic carbocycles. The van der Waals surface area contributed by atoms with Gasteiger partial charge in [-0.1, -0.05) is 30.3 Å². The summed E-state index contributed by atoms with van der Waals surface area (Å²) in [6.07, 6.45) is 7.46. The highest BCUT2D eigenvalue weighted by atomic mass is 16.4. The number of carbonyl (C=O) groups excluding carboxylic acids is 1. The smallest absolute Gasteiger partial charge is 0.404 e. The maximum absolute atomic E-state index is 13.4. The molecule has 1 atom stereocenters. The second kappa shape index (κ2) is 11.6. The lowest BCUT2D eigenvalue weighted by atomic mass is 9.97. The van der Waals surface area contributed by atoms with E-state index in [2.05, 4.69) is 26.5 Å². The highest BCUT2D eigenvalue weighted by Crippen LogP contribution is 2.29. The van der Waals surface area contributed by atoms with Gasteiger partial charge in [0.15, 0.2) is 0 Å². The molecule has 2 N–H and O–H groups in total. The van der Waals surface area contributed by atoms with Crippen LogP contribution in [-0.4, -0.2) is 84.1 Å². The minimum absolute atomic E-state index is 0.00933. The lowest BCUT2D eigenvalue weighted by Gasteiger charge is -2.37. The van der Waals surface area contributed by atoms with Gasteiger partial charge in [0.2, 0.25) is 5.91 Å². The number of hydrogen-bond donors (Lipinski definition) is 2. The van der Waals surface area contributed by atoms with Gasteiger partial charge in [-0.3, -0.25) is 9.48 Å². The van der Waals surface area contributed by atoms with Crippen LogP contribution in [0, 0.1) is 11.3 Å². The fourth-order valence-electron chi connectivity index (χ4n) is 5.30. The van der Waals surface area contributed by atoms with Gasteiger partial charge in [-0.25, -0.2) is 19.3 Å². The molecule has 43 heavy (non-hydrogen) atoms. The third-order valence-electron chi connectivity index (χ3n) is 7.51. The summed E-state index contributed by atoms with van der Waals surface area (Å²) in [5, 5.41) is 29.8. The van der Waals surface area contributed by atoms with E-state index in [4.69, 9.17) is 15.1 Å². The van der Waals surface area contributed by atoms with E-state index < -0.39 is 12.0 Å². The summed E-state index contributed by atoms with van der Waals surface area (Å²) in [6, 6.07) is 15.3. The van der Waals surface area contributed by atoms with E-state index in [-0.39, 0.29) is 12.5 Å². The number of rotatable bonds is 7. The van der Waals surface area contributed by atoms with Crippen LogP contribution in [0.4, 0.5) is 10.6 Å². The molecule has 6 rings (SSSR count). The first kappa shape index (κ1) is 27.4. The quantitative estimate of drug-likeness (QED) is 0.297. The Bertz CT molecular complexity index is 1820. The number of nitriles is 1. The number of carbonyl (C=O) groups is 2. The second-order valence-electron chi connectivity index (χ2n) is 10.2. The standard InChI is InChI=1S/C30H28N10O3/c1-37-18-23(16-34-37)25-19-40-28(22(13-31)15-35-40)27(36-25)21-7-8-26(32-14-21)38-9-11-39(12-10-38)29(41)24(17-33-30(42)43)20-5-3-2-4-6-20/h2-8,14-16,18-19,24,33H,9-12,17H2,1H3,(H,42,43). The van der Waals surface area contributed by atoms with Crippen LogP contribution >= 0.6 is 0 Å². The molecule has 0 bridgehead atoms. The van der Waals surface area contributed by atoms with Crippen molar-refractivity contribution in [2.45, 2.75) is 5.92 Å². The van der Waals surface area contributed by atoms with Crippen molar-refractivity contribution in [2.24, 2.45) is 7.05 Å². The third-order valence-corrected chi connectivity index (χ3v) is 7.51. The monoisotopic (exact) mass is 576 g/mol. The number of nitrogens with zero attached hydrogens (tertiary/aromatic N) is 9. The van der Waals surface area contributed by atoms with Crippen molar-refractivity contribution in [3.05, 3.63) is 84.6 Å². The number of aryl methyl sites for hydroxylation is 1. The number of nitrogens with one attached hydrogen (secondary N) is 1. The van der Waals surface area contributed by atoms with Gasteiger partial charge in [-0.15, -0.1) is 0 Å². The van der Waals surface area contributed by atoms with E-state index in [0.717, 1.165) is 22.5 Å². The molecule has 1 aliphatic heterocycles. The molecule has 2 amide bonds. The van der Waals surface area contributed by atoms with Gasteiger partial charge in [0.05, 0.1) is 35.9 Å². The average Bonchev–Trinajstić information content (AvgIpc) is 3.67. The SMILES string of the molecule is Cn1cc(-c2cn3ncc(C#N)c3c(-c3ccc(N4CCN(C(=O)C(CNC(=O)O)c5ccccc5)CC4)nc3)n2)cn1. The molecule has 0 spiro atoms. The summed E-state index contributed by atoms with van der Waals surface area (Å²) in [5.41, 5.74) is 4.60. The van der Waals surface area contributed by atoms with Crippen molar-refractivity contribution in [3.63, 3.8) is 0 Å². The minimum atomic E-state index is -1.16. The first-order valence-corrected chi connectivity index (χ1v) is 13.7. The van der Waals surface area contributed by atoms with Crippen LogP contribution in [-0.2, 0) is 11.8 Å². The molecular formula is C30H28N10O3. The molecule has 1 aromatic carbocycles. The zero-order chi connectivity index (χ0) is 29.9. The molecule has 1 fully saturated rings. The maximum Gasteiger partial charge on any atom is 0.404 e. The summed E-state index contributed by atoms with van der Waals surface area (Å²) in [7, 11) is 1.83. The number of pyridine rings is 1. The summed E-state index contributed by atoms with van der Waals surface area (Å²) in [6.45, 7) is 2.12. The molecule has 1 unspecified atom stereocenters. The number of hydrogen-bond acceptors (Lipinski definition) is 8. The number of carboxylic acid groups (broad SMARTS) is 1. The molecule has 0 saturated carbocycles. The van der Waals surface area contributed by atoms with Crippen molar-refractivity contribution >= 4 is 23.3 Å². The topological polar surface area (TPSA) is 158 Å². The molecule has 1 aliphatic rings. The Kier molecular flexibility index (Phi) is 7.40. The van der Waals surface area contributed by atoms with Gasteiger partial charge in [-0.2, -0.15) is 15.5 Å². The number of benzene rings is 1. The molecule has 216 valence electrons. The predicted molar refractivity (Wildman–Crippen MR) is 157 cm³/mol. The van der Waals surface area contributed by atoms with Crippen LogP contribution in [0.15, 0.2) is 73.4 Å². The van der Waals surface area contributed by atoms with Gasteiger partial charge in [0.1, 0.15) is 23.0 Å². The zero-order valence-electron chi connectivity index (χ0n) is 23.3. The van der Waals surface area contributed by atoms with Crippen LogP contribution in [0.1, 0.15) is 17.0 Å². The molecule has 4 aromatic heterocycles. The Labute approximate surface area is 246 Å². The lowest BCUT2D eigenvalue weighted by Crippen LogP contribution is -2.51. The molecule has 0 radical (unpaired) electrons. The van der Waals surface area contributed by atoms with Gasteiger partial charge < -0.3 is 20.2 Å². The Morgan fingerprint density at radius 3 is 2.44 bits per heavy atom. The Morgan fingerprint density at radius 1 is 1.00 bits per heavy atom. The largest absolute Gasteiger partial charge is 0.465 e. The first-order chi connectivity index (χ1) is 20.9. The Hall–Kier alpha value is -5.77. The summed E-state index contributed by atoms with van der Waals surface area (Å²) < 4.78 is 3.35. The predicted octanol–water partition coefficient (Wildman–Crippen LogP) is 2.76. The van der Waals surface area contributed by atoms with Gasteiger partial charge in [-0.05, 0) is 17.7 Å². The van der Waals surface area contributed by atoms with Crippen molar-refractivity contribution in [2.75, 3.05) is 37.6 Å². The Balaban J connectivity index is 1.20. The summed E-state index contributed by atoms with van der Waals surface area (Å²) in [4.78, 5) is 38.0. The summed E-state index contributed by atoms with van der Waals surface area (Å²) >= 11 is 0. The zero-order valence-corrected chi connectivity index (χ0v) is 23.3. The molecule has 13 nitrogen and oxygen atoms in total. The lowest BCUT2D eigenvalue weighted by molar-refractivity contribution is -0.133. The van der Waals surface area contributed by atoms with Crippen LogP contribution in [0.25, 0.3) is 28.0 Å². The fraction of sp³-hybridized carbons (Fsp3) is 0.233. The van der Waals surface area contributed by atoms with Gasteiger partial charge >= 0.3 is 6.09 Å². The number of piperazine rings is 1. The van der Waals surface area contributed by atoms with Crippen LogP contribution in [0.2, 0.25) is 0 Å². The Morgan fingerprint density at radius 2 is 1.79 bits per heavy atom. The summed E-state index contributed by atoms with van der Waals surface area (Å²) in [5.74, 6) is 0.0481. The highest BCUT2D eigenvalue weighted by molar-refractivity contribution is 5.85. The van der Waals surface area contributed by atoms with E-state index in [0.29, 0.717) is 48.6 Å². The maximum atomic E-state index is 13.4. The average molecular weight is 577 g/mol. The third kappa shape index (κ3) is 5.58. The van der Waals surface area contributed by atoms with Crippen LogP contribution < -0.4 is 10.2 Å². The van der Waals surface area contributed by atoms with E-state index in [1.54, 1.807) is 32.7 Å². The highest BCUT2D eigenvalue weighted by Gasteiger charge is 2.29. The van der Waals surface area contributed by atoms with Crippen molar-refractivity contribution < 1.29 is 14.7 Å². The minimum Gasteiger partial charge on any atom is -0.465 e. The van der Waals surface area contributed by atoms with E-state index in [1.807, 2.05) is 55.7 Å². The van der Waals surface area contributed by atoms with E-state index in [9.17, 15) is 14.9 Å². The second-order valence-corrected chi connectivity index (χ2v) is 10.2. The van der Waals surface area contributed by atoms with Crippen molar-refractivity contribution in [3.8, 4) is 28.6 Å². The van der Waals surface area contributed by atoms with Gasteiger partial charge in [0, 0.05) is 63.3 Å². The normalized spacial score (nSPS) is 14.0. The van der Waals surface area contributed by atoms with Crippen LogP contribution in [0.3, 0.4) is 0 Å².